The van der Waals surface area contributed by atoms with Crippen molar-refractivity contribution in [3.05, 3.63) is 48.0 Å². The molecule has 8 N–H and O–H groups in total. The summed E-state index contributed by atoms with van der Waals surface area (Å²) in [6.45, 7) is 2.83. The normalized spacial score (nSPS) is 14.4. The Balaban J connectivity index is 1.83. The number of phenols is 1. The minimum atomic E-state index is -1.24. The topological polar surface area (TPSA) is 200 Å². The van der Waals surface area contributed by atoms with Crippen molar-refractivity contribution in [2.75, 3.05) is 0 Å². The number of H-pyrrole nitrogens is 1. The Morgan fingerprint density at radius 2 is 1.55 bits per heavy atom. The van der Waals surface area contributed by atoms with Crippen LogP contribution in [-0.2, 0) is 32.0 Å². The van der Waals surface area contributed by atoms with Gasteiger partial charge in [0.2, 0.25) is 17.7 Å². The fourth-order valence-corrected chi connectivity index (χ4v) is 2.88. The number of imidazole rings is 1. The molecule has 178 valence electrons. The zero-order valence-corrected chi connectivity index (χ0v) is 18.2. The molecule has 4 unspecified atom stereocenters. The van der Waals surface area contributed by atoms with E-state index < -0.39 is 47.9 Å². The predicted molar refractivity (Wildman–Crippen MR) is 117 cm³/mol. The summed E-state index contributed by atoms with van der Waals surface area (Å²) in [5.74, 6) is -3.04. The molecule has 0 aliphatic rings. The summed E-state index contributed by atoms with van der Waals surface area (Å²) in [7, 11) is 0. The van der Waals surface area contributed by atoms with Gasteiger partial charge >= 0.3 is 5.97 Å². The third-order valence-electron chi connectivity index (χ3n) is 4.83. The van der Waals surface area contributed by atoms with Gasteiger partial charge in [0, 0.05) is 18.3 Å². The number of nitrogens with zero attached hydrogens (tertiary/aromatic N) is 1. The molecule has 0 saturated carbocycles. The lowest BCUT2D eigenvalue weighted by atomic mass is 10.1. The van der Waals surface area contributed by atoms with E-state index in [1.54, 1.807) is 12.1 Å². The number of aromatic hydroxyl groups is 1. The van der Waals surface area contributed by atoms with Crippen LogP contribution in [0.2, 0.25) is 0 Å². The SMILES string of the molecule is CC(NC(=O)C(N)Cc1ccc(O)cc1)C(=O)NC(C)C(=O)NC(Cc1cnc[nH]1)C(=O)O. The largest absolute Gasteiger partial charge is 0.508 e. The van der Waals surface area contributed by atoms with Crippen molar-refractivity contribution >= 4 is 23.7 Å². The van der Waals surface area contributed by atoms with E-state index in [4.69, 9.17) is 5.73 Å². The molecule has 1 heterocycles. The maximum Gasteiger partial charge on any atom is 0.326 e. The number of nitrogens with one attached hydrogen (secondary N) is 4. The van der Waals surface area contributed by atoms with Crippen LogP contribution in [0.3, 0.4) is 0 Å². The second-order valence-electron chi connectivity index (χ2n) is 7.62. The number of aromatic nitrogens is 2. The van der Waals surface area contributed by atoms with Gasteiger partial charge in [-0.25, -0.2) is 9.78 Å². The average Bonchev–Trinajstić information content (AvgIpc) is 3.27. The van der Waals surface area contributed by atoms with Crippen molar-refractivity contribution in [3.8, 4) is 5.75 Å². The van der Waals surface area contributed by atoms with Crippen LogP contribution in [0.5, 0.6) is 5.75 Å². The highest BCUT2D eigenvalue weighted by Crippen LogP contribution is 2.11. The van der Waals surface area contributed by atoms with E-state index in [1.807, 2.05) is 0 Å². The molecule has 0 aliphatic heterocycles. The van der Waals surface area contributed by atoms with Crippen molar-refractivity contribution in [1.82, 2.24) is 25.9 Å². The summed E-state index contributed by atoms with van der Waals surface area (Å²) < 4.78 is 0. The van der Waals surface area contributed by atoms with E-state index in [9.17, 15) is 29.4 Å². The van der Waals surface area contributed by atoms with Gasteiger partial charge in [0.15, 0.2) is 0 Å². The van der Waals surface area contributed by atoms with Gasteiger partial charge < -0.3 is 36.9 Å². The number of hydrogen-bond acceptors (Lipinski definition) is 7. The summed E-state index contributed by atoms with van der Waals surface area (Å²) in [5.41, 5.74) is 7.16. The number of carboxylic acid groups (broad SMARTS) is 1. The van der Waals surface area contributed by atoms with Gasteiger partial charge in [0.1, 0.15) is 23.9 Å². The maximum absolute atomic E-state index is 12.4. The first-order valence-electron chi connectivity index (χ1n) is 10.2. The molecule has 12 heteroatoms. The van der Waals surface area contributed by atoms with Crippen molar-refractivity contribution in [2.24, 2.45) is 5.73 Å². The van der Waals surface area contributed by atoms with Crippen LogP contribution >= 0.6 is 0 Å². The van der Waals surface area contributed by atoms with Gasteiger partial charge in [-0.2, -0.15) is 0 Å². The molecule has 2 aromatic rings. The number of aromatic amines is 1. The van der Waals surface area contributed by atoms with E-state index in [-0.39, 0.29) is 18.6 Å². The monoisotopic (exact) mass is 460 g/mol. The zero-order valence-electron chi connectivity index (χ0n) is 18.2. The molecule has 0 bridgehead atoms. The number of carbonyl (C=O) groups excluding carboxylic acids is 3. The Hall–Kier alpha value is -3.93. The number of rotatable bonds is 11. The standard InChI is InChI=1S/C21H28N6O6/c1-11(26-20(31)16(22)7-13-3-5-15(28)6-4-13)18(29)25-12(2)19(30)27-17(21(32)33)8-14-9-23-10-24-14/h3-6,9-12,16-17,28H,7-8,22H2,1-2H3,(H,23,24)(H,25,29)(H,26,31)(H,27,30)(H,32,33). The second-order valence-corrected chi connectivity index (χ2v) is 7.62. The van der Waals surface area contributed by atoms with Crippen LogP contribution in [0.4, 0.5) is 0 Å². The molecule has 0 aliphatic carbocycles. The van der Waals surface area contributed by atoms with Crippen LogP contribution in [0, 0.1) is 0 Å². The molecule has 33 heavy (non-hydrogen) atoms. The molecule has 0 saturated heterocycles. The van der Waals surface area contributed by atoms with E-state index in [2.05, 4.69) is 25.9 Å². The van der Waals surface area contributed by atoms with Crippen LogP contribution in [-0.4, -0.2) is 68.0 Å². The van der Waals surface area contributed by atoms with Gasteiger partial charge in [0.25, 0.3) is 0 Å². The molecule has 1 aromatic heterocycles. The number of hydrogen-bond donors (Lipinski definition) is 7. The van der Waals surface area contributed by atoms with Crippen molar-refractivity contribution in [2.45, 2.75) is 50.9 Å². The van der Waals surface area contributed by atoms with E-state index in [1.165, 1.54) is 38.5 Å². The summed E-state index contributed by atoms with van der Waals surface area (Å²) in [6, 6.07) is 2.05. The first-order valence-corrected chi connectivity index (χ1v) is 10.2. The lowest BCUT2D eigenvalue weighted by molar-refractivity contribution is -0.142. The molecule has 0 radical (unpaired) electrons. The second kappa shape index (κ2) is 11.6. The molecule has 2 rings (SSSR count). The van der Waals surface area contributed by atoms with Gasteiger partial charge in [-0.3, -0.25) is 14.4 Å². The Bertz CT molecular complexity index is 962. The predicted octanol–water partition coefficient (Wildman–Crippen LogP) is -1.19. The summed E-state index contributed by atoms with van der Waals surface area (Å²) in [6.07, 6.45) is 3.04. The molecule has 0 fully saturated rings. The molecule has 12 nitrogen and oxygen atoms in total. The number of aliphatic carboxylic acids is 1. The number of carboxylic acids is 1. The highest BCUT2D eigenvalue weighted by atomic mass is 16.4. The average molecular weight is 460 g/mol. The number of carbonyl (C=O) groups is 4. The minimum Gasteiger partial charge on any atom is -0.508 e. The molecule has 3 amide bonds. The minimum absolute atomic E-state index is 0.00683. The lowest BCUT2D eigenvalue weighted by Gasteiger charge is -2.21. The van der Waals surface area contributed by atoms with Gasteiger partial charge in [0.05, 0.1) is 12.4 Å². The number of phenolic OH excluding ortho intramolecular Hbond substituents is 1. The van der Waals surface area contributed by atoms with Crippen molar-refractivity contribution in [3.63, 3.8) is 0 Å². The number of nitrogens with two attached hydrogens (primary N) is 1. The zero-order chi connectivity index (χ0) is 24.5. The Morgan fingerprint density at radius 3 is 2.09 bits per heavy atom. The molecular formula is C21H28N6O6. The number of amides is 3. The van der Waals surface area contributed by atoms with Crippen molar-refractivity contribution < 1.29 is 29.4 Å². The van der Waals surface area contributed by atoms with Crippen LogP contribution in [0.25, 0.3) is 0 Å². The Labute approximate surface area is 190 Å². The molecule has 4 atom stereocenters. The third-order valence-corrected chi connectivity index (χ3v) is 4.83. The Kier molecular flexibility index (Phi) is 8.92. The van der Waals surface area contributed by atoms with Gasteiger partial charge in [-0.05, 0) is 38.0 Å². The van der Waals surface area contributed by atoms with E-state index in [0.29, 0.717) is 5.69 Å². The third kappa shape index (κ3) is 7.92. The lowest BCUT2D eigenvalue weighted by Crippen LogP contribution is -2.55. The van der Waals surface area contributed by atoms with E-state index in [0.717, 1.165) is 5.56 Å². The fraction of sp³-hybridized carbons (Fsp3) is 0.381. The number of benzene rings is 1. The maximum atomic E-state index is 12.4. The summed E-state index contributed by atoms with van der Waals surface area (Å²) in [4.78, 5) is 55.0. The van der Waals surface area contributed by atoms with Crippen LogP contribution < -0.4 is 21.7 Å². The molecule has 0 spiro atoms. The first-order chi connectivity index (χ1) is 15.6. The van der Waals surface area contributed by atoms with Crippen molar-refractivity contribution in [1.29, 1.82) is 0 Å². The molecular weight excluding hydrogens is 432 g/mol. The summed E-state index contributed by atoms with van der Waals surface area (Å²) >= 11 is 0. The van der Waals surface area contributed by atoms with Crippen LogP contribution in [0.15, 0.2) is 36.8 Å². The van der Waals surface area contributed by atoms with Gasteiger partial charge in [-0.15, -0.1) is 0 Å². The van der Waals surface area contributed by atoms with Crippen LogP contribution in [0.1, 0.15) is 25.1 Å². The smallest absolute Gasteiger partial charge is 0.326 e. The first kappa shape index (κ1) is 25.3. The van der Waals surface area contributed by atoms with Gasteiger partial charge in [-0.1, -0.05) is 12.1 Å². The summed E-state index contributed by atoms with van der Waals surface area (Å²) in [5, 5.41) is 25.9. The highest BCUT2D eigenvalue weighted by molar-refractivity contribution is 5.93. The highest BCUT2D eigenvalue weighted by Gasteiger charge is 2.27. The fourth-order valence-electron chi connectivity index (χ4n) is 2.88. The Morgan fingerprint density at radius 1 is 0.970 bits per heavy atom. The van der Waals surface area contributed by atoms with E-state index >= 15 is 0 Å². The quantitative estimate of drug-likeness (QED) is 0.217. The molecule has 1 aromatic carbocycles.